The summed E-state index contributed by atoms with van der Waals surface area (Å²) in [5, 5.41) is 0. The summed E-state index contributed by atoms with van der Waals surface area (Å²) < 4.78 is 2.07. The van der Waals surface area contributed by atoms with Gasteiger partial charge in [0.15, 0.2) is 5.78 Å². The van der Waals surface area contributed by atoms with Crippen molar-refractivity contribution in [3.8, 4) is 0 Å². The molecule has 0 N–H and O–H groups in total. The maximum Gasteiger partial charge on any atom is 0.161 e. The predicted octanol–water partition coefficient (Wildman–Crippen LogP) is 3.32. The molecule has 54 valence electrons. The van der Waals surface area contributed by atoms with Crippen molar-refractivity contribution in [3.63, 3.8) is 0 Å². The highest BCUT2D eigenvalue weighted by Crippen LogP contribution is 2.28. The Labute approximate surface area is 85.1 Å². The lowest BCUT2D eigenvalue weighted by atomic mass is 10.2. The molecule has 0 radical (unpaired) electrons. The summed E-state index contributed by atoms with van der Waals surface area (Å²) >= 11 is 7.06. The Kier molecular flexibility index (Phi) is 2.88. The van der Waals surface area contributed by atoms with Gasteiger partial charge < -0.3 is 0 Å². The van der Waals surface area contributed by atoms with Crippen molar-refractivity contribution in [2.24, 2.45) is 0 Å². The minimum atomic E-state index is 0.131. The predicted molar refractivity (Wildman–Crippen MR) is 54.7 cm³/mol. The van der Waals surface area contributed by atoms with E-state index in [1.165, 1.54) is 0 Å². The highest BCUT2D eigenvalue weighted by molar-refractivity contribution is 14.1. The van der Waals surface area contributed by atoms with Crippen LogP contribution in [0.1, 0.15) is 17.3 Å². The first-order valence-electron chi connectivity index (χ1n) is 2.57. The third kappa shape index (κ3) is 1.79. The Hall–Kier alpha value is 0.580. The van der Waals surface area contributed by atoms with Gasteiger partial charge in [-0.25, -0.2) is 0 Å². The highest BCUT2D eigenvalue weighted by atomic mass is 127. The van der Waals surface area contributed by atoms with E-state index in [0.29, 0.717) is 0 Å². The molecule has 1 rings (SSSR count). The Morgan fingerprint density at radius 2 is 2.40 bits per heavy atom. The first kappa shape index (κ1) is 8.67. The maximum atomic E-state index is 10.9. The van der Waals surface area contributed by atoms with Gasteiger partial charge in [0.1, 0.15) is 0 Å². The summed E-state index contributed by atoms with van der Waals surface area (Å²) in [4.78, 5) is 10.9. The lowest BCUT2D eigenvalue weighted by molar-refractivity contribution is 0.101. The third-order valence-electron chi connectivity index (χ3n) is 1.04. The van der Waals surface area contributed by atoms with E-state index in [2.05, 4.69) is 38.5 Å². The molecule has 1 aromatic rings. The van der Waals surface area contributed by atoms with Crippen LogP contribution in [0.5, 0.6) is 0 Å². The van der Waals surface area contributed by atoms with Gasteiger partial charge in [-0.3, -0.25) is 4.79 Å². The van der Waals surface area contributed by atoms with Gasteiger partial charge in [0.05, 0.1) is 6.67 Å². The van der Waals surface area contributed by atoms with E-state index < -0.39 is 0 Å². The molecule has 1 nitrogen and oxygen atoms in total. The molecule has 0 atom stereocenters. The van der Waals surface area contributed by atoms with Crippen LogP contribution in [-0.2, 0) is 0 Å². The number of rotatable bonds is 1. The lowest BCUT2D eigenvalue weighted by Gasteiger charge is -1.85. The van der Waals surface area contributed by atoms with Crippen LogP contribution >= 0.6 is 49.9 Å². The van der Waals surface area contributed by atoms with Gasteiger partial charge in [0.2, 0.25) is 0 Å². The Morgan fingerprint density at radius 3 is 2.60 bits per heavy atom. The second-order valence-corrected chi connectivity index (χ2v) is 6.04. The molecule has 0 aliphatic rings. The minimum Gasteiger partial charge on any atom is -0.294 e. The van der Waals surface area contributed by atoms with Crippen LogP contribution in [0.2, 0.25) is 0 Å². The van der Waals surface area contributed by atoms with E-state index in [-0.39, 0.29) is 5.78 Å². The minimum absolute atomic E-state index is 0.131. The van der Waals surface area contributed by atoms with E-state index in [0.717, 1.165) is 12.2 Å². The zero-order chi connectivity index (χ0) is 7.72. The number of ketones is 1. The molecule has 1 aromatic heterocycles. The summed E-state index contributed by atoms with van der Waals surface area (Å²) in [6.45, 7) is 1.58. The molecule has 0 bridgehead atoms. The van der Waals surface area contributed by atoms with Crippen LogP contribution in [0.15, 0.2) is 9.85 Å². The van der Waals surface area contributed by atoms with E-state index in [9.17, 15) is 4.79 Å². The molecule has 0 fully saturated rings. The third-order valence-corrected chi connectivity index (χ3v) is 3.70. The largest absolute Gasteiger partial charge is 0.294 e. The van der Waals surface area contributed by atoms with Crippen LogP contribution in [0.4, 0.5) is 0 Å². The fourth-order valence-corrected chi connectivity index (χ4v) is 4.11. The number of halogens is 2. The smallest absolute Gasteiger partial charge is 0.161 e. The number of carbonyl (C=O) groups is 1. The second kappa shape index (κ2) is 3.32. The van der Waals surface area contributed by atoms with Crippen molar-refractivity contribution in [2.75, 3.05) is 0 Å². The number of hydrogen-bond acceptors (Lipinski definition) is 2. The number of Topliss-reactive ketones (excluding diaryl/α,β-unsaturated/α-hetero) is 1. The fourth-order valence-electron chi connectivity index (χ4n) is 0.580. The van der Waals surface area contributed by atoms with Crippen molar-refractivity contribution in [1.29, 1.82) is 0 Å². The van der Waals surface area contributed by atoms with Gasteiger partial charge in [0.25, 0.3) is 0 Å². The molecule has 10 heavy (non-hydrogen) atoms. The number of hydrogen-bond donors (Lipinski definition) is 0. The molecule has 0 aromatic carbocycles. The van der Waals surface area contributed by atoms with Gasteiger partial charge in [-0.2, -0.15) is 0 Å². The van der Waals surface area contributed by atoms with Crippen molar-refractivity contribution in [3.05, 3.63) is 18.3 Å². The van der Waals surface area contributed by atoms with Gasteiger partial charge >= 0.3 is 0 Å². The molecule has 0 saturated heterocycles. The van der Waals surface area contributed by atoms with Crippen LogP contribution in [0.25, 0.3) is 0 Å². The maximum absolute atomic E-state index is 10.9. The van der Waals surface area contributed by atoms with Crippen molar-refractivity contribution in [2.45, 2.75) is 6.92 Å². The SMILES string of the molecule is CC(=O)c1cc(Br)sc1I. The zero-order valence-electron chi connectivity index (χ0n) is 5.15. The van der Waals surface area contributed by atoms with Gasteiger partial charge in [-0.1, -0.05) is 0 Å². The molecule has 4 heteroatoms. The second-order valence-electron chi connectivity index (χ2n) is 1.79. The molecule has 0 spiro atoms. The summed E-state index contributed by atoms with van der Waals surface area (Å²) in [5.41, 5.74) is 0.817. The summed E-state index contributed by atoms with van der Waals surface area (Å²) in [7, 11) is 0. The lowest BCUT2D eigenvalue weighted by Crippen LogP contribution is -1.89. The van der Waals surface area contributed by atoms with Crippen LogP contribution in [0.3, 0.4) is 0 Å². The van der Waals surface area contributed by atoms with Crippen molar-refractivity contribution < 1.29 is 4.79 Å². The molecule has 0 aliphatic heterocycles. The average molecular weight is 331 g/mol. The summed E-state index contributed by atoms with van der Waals surface area (Å²) in [6, 6.07) is 1.86. The van der Waals surface area contributed by atoms with Crippen LogP contribution < -0.4 is 0 Å². The number of thiophene rings is 1. The standard InChI is InChI=1S/C6H4BrIOS/c1-3(9)4-2-5(7)10-6(4)8/h2H,1H3. The van der Waals surface area contributed by atoms with E-state index in [4.69, 9.17) is 0 Å². The first-order chi connectivity index (χ1) is 4.61. The molecular formula is C6H4BrIOS. The Balaban J connectivity index is 3.15. The summed E-state index contributed by atoms with van der Waals surface area (Å²) in [5.74, 6) is 0.131. The topological polar surface area (TPSA) is 17.1 Å². The van der Waals surface area contributed by atoms with Gasteiger partial charge in [0, 0.05) is 5.56 Å². The van der Waals surface area contributed by atoms with Crippen molar-refractivity contribution in [1.82, 2.24) is 0 Å². The highest BCUT2D eigenvalue weighted by Gasteiger charge is 2.07. The average Bonchev–Trinajstić information content (AvgIpc) is 2.10. The normalized spacial score (nSPS) is 9.90. The van der Waals surface area contributed by atoms with E-state index >= 15 is 0 Å². The molecule has 0 aliphatic carbocycles. The van der Waals surface area contributed by atoms with Gasteiger partial charge in [-0.15, -0.1) is 11.3 Å². The molecular weight excluding hydrogens is 327 g/mol. The van der Waals surface area contributed by atoms with E-state index in [1.54, 1.807) is 18.3 Å². The van der Waals surface area contributed by atoms with Crippen LogP contribution in [-0.4, -0.2) is 5.78 Å². The molecule has 0 amide bonds. The monoisotopic (exact) mass is 330 g/mol. The zero-order valence-corrected chi connectivity index (χ0v) is 9.71. The Morgan fingerprint density at radius 1 is 1.80 bits per heavy atom. The van der Waals surface area contributed by atoms with Crippen molar-refractivity contribution >= 4 is 55.6 Å². The fraction of sp³-hybridized carbons (Fsp3) is 0.167. The molecule has 0 unspecified atom stereocenters. The first-order valence-corrected chi connectivity index (χ1v) is 5.26. The summed E-state index contributed by atoms with van der Waals surface area (Å²) in [6.07, 6.45) is 0. The number of carbonyl (C=O) groups excluding carboxylic acids is 1. The Bertz CT molecular complexity index is 269. The van der Waals surface area contributed by atoms with Crippen LogP contribution in [0, 0.1) is 2.88 Å². The molecule has 0 saturated carbocycles. The quantitative estimate of drug-likeness (QED) is 0.570. The molecule has 1 heterocycles. The van der Waals surface area contributed by atoms with E-state index in [1.807, 2.05) is 6.07 Å². The van der Waals surface area contributed by atoms with Gasteiger partial charge in [-0.05, 0) is 51.5 Å².